The molecule has 0 fully saturated rings. The van der Waals surface area contributed by atoms with Crippen molar-refractivity contribution in [3.05, 3.63) is 46.1 Å². The Labute approximate surface area is 99.1 Å². The van der Waals surface area contributed by atoms with Crippen molar-refractivity contribution in [1.82, 2.24) is 14.8 Å². The van der Waals surface area contributed by atoms with Crippen molar-refractivity contribution < 1.29 is 4.74 Å². The van der Waals surface area contributed by atoms with Gasteiger partial charge in [-0.3, -0.25) is 4.57 Å². The molecule has 1 heterocycles. The van der Waals surface area contributed by atoms with Crippen LogP contribution in [0.3, 0.4) is 0 Å². The fraction of sp³-hybridized carbons (Fsp3) is 0.333. The monoisotopic (exact) mass is 233 g/mol. The van der Waals surface area contributed by atoms with Gasteiger partial charge in [0.05, 0.1) is 7.11 Å². The van der Waals surface area contributed by atoms with E-state index in [9.17, 15) is 4.79 Å². The van der Waals surface area contributed by atoms with Crippen LogP contribution < -0.4 is 10.4 Å². The van der Waals surface area contributed by atoms with Gasteiger partial charge in [-0.2, -0.15) is 5.10 Å². The number of ether oxygens (including phenoxy) is 1. The molecule has 1 aromatic carbocycles. The molecule has 1 N–H and O–H groups in total. The van der Waals surface area contributed by atoms with E-state index in [0.717, 1.165) is 17.1 Å². The second-order valence-electron chi connectivity index (χ2n) is 3.68. The van der Waals surface area contributed by atoms with E-state index in [1.807, 2.05) is 31.2 Å². The van der Waals surface area contributed by atoms with Gasteiger partial charge in [-0.05, 0) is 13.0 Å². The lowest BCUT2D eigenvalue weighted by Crippen LogP contribution is -2.17. The topological polar surface area (TPSA) is 59.9 Å². The summed E-state index contributed by atoms with van der Waals surface area (Å²) < 4.78 is 6.89. The summed E-state index contributed by atoms with van der Waals surface area (Å²) in [4.78, 5) is 11.4. The second kappa shape index (κ2) is 4.86. The maximum atomic E-state index is 11.4. The Bertz CT molecular complexity index is 557. The van der Waals surface area contributed by atoms with Crippen LogP contribution >= 0.6 is 0 Å². The quantitative estimate of drug-likeness (QED) is 0.863. The van der Waals surface area contributed by atoms with Crippen molar-refractivity contribution >= 4 is 0 Å². The number of methoxy groups -OCH3 is 1. The molecule has 17 heavy (non-hydrogen) atoms. The van der Waals surface area contributed by atoms with Gasteiger partial charge in [0, 0.05) is 18.5 Å². The summed E-state index contributed by atoms with van der Waals surface area (Å²) in [5.74, 6) is 1.53. The van der Waals surface area contributed by atoms with E-state index in [1.54, 1.807) is 11.7 Å². The average Bonchev–Trinajstić information content (AvgIpc) is 2.70. The molecule has 0 spiro atoms. The van der Waals surface area contributed by atoms with E-state index >= 15 is 0 Å². The number of rotatable bonds is 4. The molecule has 0 saturated carbocycles. The standard InChI is InChI=1S/C12H15N3O2/c1-3-15-11(13-14-12(15)16)8-9-6-4-5-7-10(9)17-2/h4-7H,3,8H2,1-2H3,(H,14,16). The number of nitrogens with one attached hydrogen (secondary N) is 1. The third kappa shape index (κ3) is 2.22. The maximum absolute atomic E-state index is 11.4. The van der Waals surface area contributed by atoms with Crippen LogP contribution in [0.15, 0.2) is 29.1 Å². The van der Waals surface area contributed by atoms with Gasteiger partial charge in [-0.15, -0.1) is 0 Å². The molecule has 2 aromatic rings. The van der Waals surface area contributed by atoms with Gasteiger partial charge >= 0.3 is 5.69 Å². The van der Waals surface area contributed by atoms with Crippen molar-refractivity contribution in [1.29, 1.82) is 0 Å². The molecule has 0 bridgehead atoms. The molecule has 5 heteroatoms. The van der Waals surface area contributed by atoms with Crippen LogP contribution in [0.2, 0.25) is 0 Å². The van der Waals surface area contributed by atoms with E-state index in [4.69, 9.17) is 4.74 Å². The first-order valence-electron chi connectivity index (χ1n) is 5.52. The smallest absolute Gasteiger partial charge is 0.343 e. The number of hydrogen-bond donors (Lipinski definition) is 1. The Hall–Kier alpha value is -2.04. The van der Waals surface area contributed by atoms with E-state index < -0.39 is 0 Å². The zero-order valence-electron chi connectivity index (χ0n) is 9.93. The van der Waals surface area contributed by atoms with Gasteiger partial charge in [0.25, 0.3) is 0 Å². The van der Waals surface area contributed by atoms with Crippen LogP contribution in [0.5, 0.6) is 5.75 Å². The first kappa shape index (κ1) is 11.4. The van der Waals surface area contributed by atoms with Crippen LogP contribution in [0, 0.1) is 0 Å². The maximum Gasteiger partial charge on any atom is 0.343 e. The van der Waals surface area contributed by atoms with Crippen molar-refractivity contribution in [2.45, 2.75) is 19.9 Å². The second-order valence-corrected chi connectivity index (χ2v) is 3.68. The predicted molar refractivity (Wildman–Crippen MR) is 64.3 cm³/mol. The third-order valence-electron chi connectivity index (χ3n) is 2.69. The third-order valence-corrected chi connectivity index (χ3v) is 2.69. The number of hydrogen-bond acceptors (Lipinski definition) is 3. The number of nitrogens with zero attached hydrogens (tertiary/aromatic N) is 2. The van der Waals surface area contributed by atoms with Crippen molar-refractivity contribution in [3.63, 3.8) is 0 Å². The van der Waals surface area contributed by atoms with Crippen molar-refractivity contribution in [2.24, 2.45) is 0 Å². The van der Waals surface area contributed by atoms with Crippen LogP contribution in [0.25, 0.3) is 0 Å². The summed E-state index contributed by atoms with van der Waals surface area (Å²) in [5.41, 5.74) is 0.848. The Morgan fingerprint density at radius 2 is 2.18 bits per heavy atom. The molecular formula is C12H15N3O2. The molecule has 90 valence electrons. The van der Waals surface area contributed by atoms with E-state index in [-0.39, 0.29) is 5.69 Å². The highest BCUT2D eigenvalue weighted by Gasteiger charge is 2.10. The lowest BCUT2D eigenvalue weighted by atomic mass is 10.1. The first-order valence-corrected chi connectivity index (χ1v) is 5.52. The van der Waals surface area contributed by atoms with Crippen LogP contribution in [0.4, 0.5) is 0 Å². The highest BCUT2D eigenvalue weighted by molar-refractivity contribution is 5.35. The number of H-pyrrole nitrogens is 1. The minimum Gasteiger partial charge on any atom is -0.496 e. The Balaban J connectivity index is 2.34. The first-order chi connectivity index (χ1) is 8.26. The van der Waals surface area contributed by atoms with E-state index in [0.29, 0.717) is 13.0 Å². The normalized spacial score (nSPS) is 10.5. The molecule has 0 atom stereocenters. The lowest BCUT2D eigenvalue weighted by molar-refractivity contribution is 0.410. The van der Waals surface area contributed by atoms with Gasteiger partial charge in [-0.25, -0.2) is 9.89 Å². The highest BCUT2D eigenvalue weighted by Crippen LogP contribution is 2.19. The summed E-state index contributed by atoms with van der Waals surface area (Å²) in [6.07, 6.45) is 0.580. The van der Waals surface area contributed by atoms with Crippen molar-refractivity contribution in [2.75, 3.05) is 7.11 Å². The number of benzene rings is 1. The fourth-order valence-corrected chi connectivity index (χ4v) is 1.83. The zero-order chi connectivity index (χ0) is 12.3. The molecular weight excluding hydrogens is 218 g/mol. The molecule has 2 rings (SSSR count). The van der Waals surface area contributed by atoms with E-state index in [1.165, 1.54) is 0 Å². The summed E-state index contributed by atoms with van der Waals surface area (Å²) >= 11 is 0. The molecule has 0 aliphatic carbocycles. The molecule has 0 saturated heterocycles. The Morgan fingerprint density at radius 3 is 2.88 bits per heavy atom. The lowest BCUT2D eigenvalue weighted by Gasteiger charge is -2.07. The zero-order valence-corrected chi connectivity index (χ0v) is 9.93. The van der Waals surface area contributed by atoms with Gasteiger partial charge < -0.3 is 4.74 Å². The summed E-state index contributed by atoms with van der Waals surface area (Å²) in [5, 5.41) is 6.49. The minimum atomic E-state index is -0.169. The SMILES string of the molecule is CCn1c(Cc2ccccc2OC)n[nH]c1=O. The average molecular weight is 233 g/mol. The largest absolute Gasteiger partial charge is 0.496 e. The summed E-state index contributed by atoms with van der Waals surface area (Å²) in [6, 6.07) is 7.73. The molecule has 0 aliphatic rings. The molecule has 1 aromatic heterocycles. The molecule has 5 nitrogen and oxygen atoms in total. The highest BCUT2D eigenvalue weighted by atomic mass is 16.5. The molecule has 0 radical (unpaired) electrons. The van der Waals surface area contributed by atoms with Crippen molar-refractivity contribution in [3.8, 4) is 5.75 Å². The van der Waals surface area contributed by atoms with E-state index in [2.05, 4.69) is 10.2 Å². The van der Waals surface area contributed by atoms with Crippen LogP contribution in [0.1, 0.15) is 18.3 Å². The van der Waals surface area contributed by atoms with Crippen LogP contribution in [-0.4, -0.2) is 21.9 Å². The molecule has 0 amide bonds. The fourth-order valence-electron chi connectivity index (χ4n) is 1.83. The molecule has 0 aliphatic heterocycles. The Morgan fingerprint density at radius 1 is 1.41 bits per heavy atom. The summed E-state index contributed by atoms with van der Waals surface area (Å²) in [7, 11) is 1.64. The van der Waals surface area contributed by atoms with Gasteiger partial charge in [0.15, 0.2) is 0 Å². The van der Waals surface area contributed by atoms with Gasteiger partial charge in [0.1, 0.15) is 11.6 Å². The number of aromatic nitrogens is 3. The Kier molecular flexibility index (Phi) is 3.27. The number of para-hydroxylation sites is 1. The minimum absolute atomic E-state index is 0.169. The predicted octanol–water partition coefficient (Wildman–Crippen LogP) is 1.19. The number of aromatic amines is 1. The van der Waals surface area contributed by atoms with Gasteiger partial charge in [0.2, 0.25) is 0 Å². The van der Waals surface area contributed by atoms with Crippen LogP contribution in [-0.2, 0) is 13.0 Å². The van der Waals surface area contributed by atoms with Gasteiger partial charge in [-0.1, -0.05) is 18.2 Å². The summed E-state index contributed by atoms with van der Waals surface area (Å²) in [6.45, 7) is 2.53. The molecule has 0 unspecified atom stereocenters.